The van der Waals surface area contributed by atoms with Crippen LogP contribution in [0.3, 0.4) is 0 Å². The van der Waals surface area contributed by atoms with Gasteiger partial charge in [0.1, 0.15) is 12.4 Å². The van der Waals surface area contributed by atoms with Crippen LogP contribution >= 0.6 is 37.2 Å². The summed E-state index contributed by atoms with van der Waals surface area (Å²) in [5.41, 5.74) is 6.24. The predicted octanol–water partition coefficient (Wildman–Crippen LogP) is 1.86. The molecule has 25 heavy (non-hydrogen) atoms. The van der Waals surface area contributed by atoms with Gasteiger partial charge in [0, 0.05) is 38.4 Å². The third-order valence-corrected chi connectivity index (χ3v) is 3.81. The Hall–Kier alpha value is -0.760. The molecule has 9 heteroatoms. The standard InChI is InChI=1S/C16H26N4O2.3ClH/c1-13(17)16(21)18-14-3-5-15(6-4-14)22-12-11-20-9-7-19(2)8-10-20;;;/h3-6,13H,7-12,17H2,1-2H3,(H,18,21);3*1H/t13-;;;/m1.../s1. The number of amides is 1. The van der Waals surface area contributed by atoms with E-state index in [2.05, 4.69) is 22.2 Å². The second kappa shape index (κ2) is 13.4. The molecule has 0 aromatic heterocycles. The van der Waals surface area contributed by atoms with Gasteiger partial charge >= 0.3 is 0 Å². The third-order valence-electron chi connectivity index (χ3n) is 3.81. The van der Waals surface area contributed by atoms with Crippen LogP contribution in [-0.4, -0.2) is 68.1 Å². The molecule has 1 saturated heterocycles. The maximum Gasteiger partial charge on any atom is 0.240 e. The van der Waals surface area contributed by atoms with E-state index in [4.69, 9.17) is 10.5 Å². The Morgan fingerprint density at radius 2 is 1.72 bits per heavy atom. The molecule has 0 saturated carbocycles. The van der Waals surface area contributed by atoms with Crippen LogP contribution in [0.5, 0.6) is 5.75 Å². The van der Waals surface area contributed by atoms with Crippen LogP contribution in [-0.2, 0) is 4.79 Å². The van der Waals surface area contributed by atoms with E-state index in [0.29, 0.717) is 6.61 Å². The van der Waals surface area contributed by atoms with Gasteiger partial charge in [0.2, 0.25) is 5.91 Å². The van der Waals surface area contributed by atoms with E-state index in [-0.39, 0.29) is 43.1 Å². The number of nitrogens with two attached hydrogens (primary N) is 1. The SMILES string of the molecule is C[C@@H](N)C(=O)Nc1ccc(OCCN2CCN(C)CC2)cc1.Cl.Cl.Cl. The van der Waals surface area contributed by atoms with Gasteiger partial charge in [-0.1, -0.05) is 0 Å². The Labute approximate surface area is 168 Å². The molecule has 0 radical (unpaired) electrons. The van der Waals surface area contributed by atoms with E-state index >= 15 is 0 Å². The van der Waals surface area contributed by atoms with E-state index in [9.17, 15) is 4.79 Å². The maximum absolute atomic E-state index is 11.5. The Bertz CT molecular complexity index is 481. The van der Waals surface area contributed by atoms with Crippen LogP contribution in [0.4, 0.5) is 5.69 Å². The fourth-order valence-electron chi connectivity index (χ4n) is 2.25. The lowest BCUT2D eigenvalue weighted by atomic mass is 10.2. The summed E-state index contributed by atoms with van der Waals surface area (Å²) in [6.45, 7) is 7.71. The number of anilines is 1. The molecule has 1 fully saturated rings. The highest BCUT2D eigenvalue weighted by molar-refractivity contribution is 5.94. The molecule has 1 aliphatic rings. The van der Waals surface area contributed by atoms with Gasteiger partial charge in [-0.3, -0.25) is 9.69 Å². The van der Waals surface area contributed by atoms with Gasteiger partial charge in [0.25, 0.3) is 0 Å². The number of benzene rings is 1. The van der Waals surface area contributed by atoms with Crippen molar-refractivity contribution in [1.82, 2.24) is 9.80 Å². The van der Waals surface area contributed by atoms with Gasteiger partial charge in [0.05, 0.1) is 6.04 Å². The minimum absolute atomic E-state index is 0. The van der Waals surface area contributed by atoms with Crippen molar-refractivity contribution in [1.29, 1.82) is 0 Å². The molecule has 0 unspecified atom stereocenters. The number of hydrogen-bond acceptors (Lipinski definition) is 5. The van der Waals surface area contributed by atoms with Crippen molar-refractivity contribution in [3.05, 3.63) is 24.3 Å². The number of halogens is 3. The zero-order chi connectivity index (χ0) is 15.9. The number of piperazine rings is 1. The molecule has 0 aliphatic carbocycles. The minimum atomic E-state index is -0.514. The van der Waals surface area contributed by atoms with E-state index in [1.165, 1.54) is 0 Å². The quantitative estimate of drug-likeness (QED) is 0.742. The molecule has 3 N–H and O–H groups in total. The van der Waals surface area contributed by atoms with Crippen LogP contribution in [0.2, 0.25) is 0 Å². The molecule has 1 amide bonds. The molecular formula is C16H29Cl3N4O2. The number of ether oxygens (including phenoxy) is 1. The fourth-order valence-corrected chi connectivity index (χ4v) is 2.25. The minimum Gasteiger partial charge on any atom is -0.492 e. The van der Waals surface area contributed by atoms with Crippen LogP contribution in [0.15, 0.2) is 24.3 Å². The first-order chi connectivity index (χ1) is 10.5. The lowest BCUT2D eigenvalue weighted by Gasteiger charge is -2.32. The fraction of sp³-hybridized carbons (Fsp3) is 0.562. The second-order valence-corrected chi connectivity index (χ2v) is 5.80. The zero-order valence-corrected chi connectivity index (χ0v) is 17.1. The zero-order valence-electron chi connectivity index (χ0n) is 14.6. The average Bonchev–Trinajstić information content (AvgIpc) is 2.51. The molecule has 0 bridgehead atoms. The second-order valence-electron chi connectivity index (χ2n) is 5.80. The highest BCUT2D eigenvalue weighted by Crippen LogP contribution is 2.15. The van der Waals surface area contributed by atoms with Gasteiger partial charge < -0.3 is 20.7 Å². The number of rotatable bonds is 6. The van der Waals surface area contributed by atoms with Crippen LogP contribution in [0.25, 0.3) is 0 Å². The molecule has 1 atom stereocenters. The summed E-state index contributed by atoms with van der Waals surface area (Å²) in [7, 11) is 2.15. The van der Waals surface area contributed by atoms with E-state index < -0.39 is 6.04 Å². The first-order valence-corrected chi connectivity index (χ1v) is 7.75. The van der Waals surface area contributed by atoms with Crippen molar-refractivity contribution in [2.45, 2.75) is 13.0 Å². The van der Waals surface area contributed by atoms with Crippen molar-refractivity contribution in [2.24, 2.45) is 5.73 Å². The molecule has 1 heterocycles. The normalized spacial score (nSPS) is 15.8. The number of carbonyl (C=O) groups is 1. The van der Waals surface area contributed by atoms with Crippen molar-refractivity contribution in [3.8, 4) is 5.75 Å². The molecule has 1 aliphatic heterocycles. The third kappa shape index (κ3) is 9.49. The van der Waals surface area contributed by atoms with E-state index in [0.717, 1.165) is 44.2 Å². The lowest BCUT2D eigenvalue weighted by Crippen LogP contribution is -2.45. The van der Waals surface area contributed by atoms with Gasteiger partial charge in [-0.05, 0) is 38.2 Å². The topological polar surface area (TPSA) is 70.8 Å². The largest absolute Gasteiger partial charge is 0.492 e. The van der Waals surface area contributed by atoms with Crippen molar-refractivity contribution in [3.63, 3.8) is 0 Å². The number of nitrogens with zero attached hydrogens (tertiary/aromatic N) is 2. The van der Waals surface area contributed by atoms with Crippen molar-refractivity contribution >= 4 is 48.8 Å². The molecule has 1 aromatic carbocycles. The van der Waals surface area contributed by atoms with Gasteiger partial charge in [0.15, 0.2) is 0 Å². The van der Waals surface area contributed by atoms with Gasteiger partial charge in [-0.25, -0.2) is 0 Å². The van der Waals surface area contributed by atoms with Gasteiger partial charge in [-0.15, -0.1) is 37.2 Å². The molecule has 6 nitrogen and oxygen atoms in total. The molecule has 0 spiro atoms. The maximum atomic E-state index is 11.5. The predicted molar refractivity (Wildman–Crippen MR) is 110 cm³/mol. The summed E-state index contributed by atoms with van der Waals surface area (Å²) < 4.78 is 5.75. The Kier molecular flexibility index (Phi) is 14.2. The summed E-state index contributed by atoms with van der Waals surface area (Å²) >= 11 is 0. The molecular weight excluding hydrogens is 387 g/mol. The first-order valence-electron chi connectivity index (χ1n) is 7.75. The smallest absolute Gasteiger partial charge is 0.240 e. The lowest BCUT2D eigenvalue weighted by molar-refractivity contribution is -0.117. The molecule has 146 valence electrons. The summed E-state index contributed by atoms with van der Waals surface area (Å²) in [5.74, 6) is 0.622. The van der Waals surface area contributed by atoms with Crippen LogP contribution in [0.1, 0.15) is 6.92 Å². The Balaban J connectivity index is 0. The summed E-state index contributed by atoms with van der Waals surface area (Å²) in [6.07, 6.45) is 0. The number of hydrogen-bond donors (Lipinski definition) is 2. The molecule has 2 rings (SSSR count). The van der Waals surface area contributed by atoms with Crippen LogP contribution in [0, 0.1) is 0 Å². The molecule has 1 aromatic rings. The van der Waals surface area contributed by atoms with Crippen LogP contribution < -0.4 is 15.8 Å². The highest BCUT2D eigenvalue weighted by Gasteiger charge is 2.13. The highest BCUT2D eigenvalue weighted by atomic mass is 35.5. The van der Waals surface area contributed by atoms with E-state index in [1.807, 2.05) is 24.3 Å². The van der Waals surface area contributed by atoms with Crippen molar-refractivity contribution in [2.75, 3.05) is 51.7 Å². The Morgan fingerprint density at radius 1 is 1.16 bits per heavy atom. The summed E-state index contributed by atoms with van der Waals surface area (Å²) in [4.78, 5) is 16.2. The first kappa shape index (κ1) is 26.5. The van der Waals surface area contributed by atoms with Crippen molar-refractivity contribution < 1.29 is 9.53 Å². The monoisotopic (exact) mass is 414 g/mol. The van der Waals surface area contributed by atoms with E-state index in [1.54, 1.807) is 6.92 Å². The summed E-state index contributed by atoms with van der Waals surface area (Å²) in [5, 5.41) is 2.75. The number of carbonyl (C=O) groups excluding carboxylic acids is 1. The number of nitrogens with one attached hydrogen (secondary N) is 1. The average molecular weight is 416 g/mol. The van der Waals surface area contributed by atoms with Gasteiger partial charge in [-0.2, -0.15) is 0 Å². The summed E-state index contributed by atoms with van der Waals surface area (Å²) in [6, 6.07) is 6.86. The Morgan fingerprint density at radius 3 is 2.24 bits per heavy atom. The number of likely N-dealkylation sites (N-methyl/N-ethyl adjacent to an activating group) is 1.